The number of ether oxygens (including phenoxy) is 1. The van der Waals surface area contributed by atoms with Crippen LogP contribution in [0.4, 0.5) is 0 Å². The van der Waals surface area contributed by atoms with E-state index in [-0.39, 0.29) is 11.7 Å². The van der Waals surface area contributed by atoms with Gasteiger partial charge in [0.15, 0.2) is 0 Å². The van der Waals surface area contributed by atoms with Crippen LogP contribution in [0.15, 0.2) is 80.8 Å². The van der Waals surface area contributed by atoms with E-state index in [2.05, 4.69) is 37.0 Å². The van der Waals surface area contributed by atoms with Gasteiger partial charge in [-0.05, 0) is 79.9 Å². The van der Waals surface area contributed by atoms with Gasteiger partial charge in [0.2, 0.25) is 0 Å². The lowest BCUT2D eigenvalue weighted by molar-refractivity contribution is 0.0800. The zero-order valence-corrected chi connectivity index (χ0v) is 18.0. The molecule has 28 heavy (non-hydrogen) atoms. The molecule has 0 atom stereocenters. The number of phenolic OH excluding ortho intramolecular Hbond substituents is 1. The Balaban J connectivity index is 1.73. The van der Waals surface area contributed by atoms with E-state index in [9.17, 15) is 9.90 Å². The van der Waals surface area contributed by atoms with E-state index in [1.54, 1.807) is 43.4 Å². The Morgan fingerprint density at radius 2 is 1.64 bits per heavy atom. The van der Waals surface area contributed by atoms with Crippen molar-refractivity contribution in [3.05, 3.63) is 86.8 Å². The summed E-state index contributed by atoms with van der Waals surface area (Å²) >= 11 is 6.54. The molecule has 7 heteroatoms. The molecule has 0 saturated carbocycles. The third-order valence-corrected chi connectivity index (χ3v) is 4.98. The SMILES string of the molecule is CN(N=Cc1cc(Br)c(O)c(Br)c1)C(=O)c1cccc(Oc2ccccc2)c1. The second kappa shape index (κ2) is 9.03. The summed E-state index contributed by atoms with van der Waals surface area (Å²) < 4.78 is 6.83. The Hall–Kier alpha value is -2.64. The van der Waals surface area contributed by atoms with Gasteiger partial charge in [0.05, 0.1) is 15.2 Å². The van der Waals surface area contributed by atoms with Gasteiger partial charge in [-0.3, -0.25) is 4.79 Å². The first-order valence-corrected chi connectivity index (χ1v) is 9.85. The first-order valence-electron chi connectivity index (χ1n) is 8.27. The van der Waals surface area contributed by atoms with Crippen LogP contribution in [0.1, 0.15) is 15.9 Å². The molecule has 3 aromatic rings. The lowest BCUT2D eigenvalue weighted by Gasteiger charge is -2.12. The van der Waals surface area contributed by atoms with Crippen molar-refractivity contribution in [3.8, 4) is 17.2 Å². The minimum absolute atomic E-state index is 0.108. The average molecular weight is 504 g/mol. The van der Waals surface area contributed by atoms with Crippen LogP contribution in [0.2, 0.25) is 0 Å². The van der Waals surface area contributed by atoms with Crippen molar-refractivity contribution in [1.29, 1.82) is 0 Å². The number of carbonyl (C=O) groups excluding carboxylic acids is 1. The van der Waals surface area contributed by atoms with E-state index < -0.39 is 0 Å². The lowest BCUT2D eigenvalue weighted by atomic mass is 10.2. The molecule has 142 valence electrons. The first-order chi connectivity index (χ1) is 13.4. The van der Waals surface area contributed by atoms with Crippen LogP contribution in [-0.4, -0.2) is 29.3 Å². The van der Waals surface area contributed by atoms with Crippen molar-refractivity contribution in [3.63, 3.8) is 0 Å². The van der Waals surface area contributed by atoms with Crippen molar-refractivity contribution >= 4 is 44.0 Å². The molecule has 1 N–H and O–H groups in total. The lowest BCUT2D eigenvalue weighted by Crippen LogP contribution is -2.21. The number of hydrogen-bond donors (Lipinski definition) is 1. The van der Waals surface area contributed by atoms with Crippen LogP contribution in [-0.2, 0) is 0 Å². The summed E-state index contributed by atoms with van der Waals surface area (Å²) in [6.45, 7) is 0. The number of benzene rings is 3. The van der Waals surface area contributed by atoms with E-state index in [1.165, 1.54) is 11.2 Å². The van der Waals surface area contributed by atoms with E-state index in [0.717, 1.165) is 5.56 Å². The summed E-state index contributed by atoms with van der Waals surface area (Å²) in [5.74, 6) is 1.10. The van der Waals surface area contributed by atoms with Gasteiger partial charge >= 0.3 is 0 Å². The molecular weight excluding hydrogens is 488 g/mol. The number of halogens is 2. The largest absolute Gasteiger partial charge is 0.506 e. The van der Waals surface area contributed by atoms with Crippen LogP contribution in [0.5, 0.6) is 17.2 Å². The second-order valence-electron chi connectivity index (χ2n) is 5.85. The van der Waals surface area contributed by atoms with E-state index >= 15 is 0 Å². The summed E-state index contributed by atoms with van der Waals surface area (Å²) in [6.07, 6.45) is 1.54. The fourth-order valence-corrected chi connectivity index (χ4v) is 3.59. The number of amides is 1. The Labute approximate surface area is 179 Å². The van der Waals surface area contributed by atoms with Gasteiger partial charge in [0.25, 0.3) is 5.91 Å². The Morgan fingerprint density at radius 1 is 1.00 bits per heavy atom. The van der Waals surface area contributed by atoms with Crippen LogP contribution in [0.3, 0.4) is 0 Å². The molecule has 3 aromatic carbocycles. The van der Waals surface area contributed by atoms with Gasteiger partial charge in [0.1, 0.15) is 17.2 Å². The Kier molecular flexibility index (Phi) is 6.49. The Morgan fingerprint density at radius 3 is 2.32 bits per heavy atom. The number of carbonyl (C=O) groups is 1. The number of nitrogens with zero attached hydrogens (tertiary/aromatic N) is 2. The third kappa shape index (κ3) is 4.99. The van der Waals surface area contributed by atoms with Gasteiger partial charge in [-0.15, -0.1) is 0 Å². The maximum Gasteiger partial charge on any atom is 0.273 e. The van der Waals surface area contributed by atoms with Crippen molar-refractivity contribution in [2.24, 2.45) is 5.10 Å². The summed E-state index contributed by atoms with van der Waals surface area (Å²) in [6, 6.07) is 19.7. The highest BCUT2D eigenvalue weighted by atomic mass is 79.9. The minimum Gasteiger partial charge on any atom is -0.506 e. The predicted molar refractivity (Wildman–Crippen MR) is 116 cm³/mol. The maximum absolute atomic E-state index is 12.7. The quantitative estimate of drug-likeness (QED) is 0.352. The molecule has 0 heterocycles. The van der Waals surface area contributed by atoms with Crippen molar-refractivity contribution in [2.45, 2.75) is 0 Å². The van der Waals surface area contributed by atoms with Crippen molar-refractivity contribution in [2.75, 3.05) is 7.05 Å². The molecule has 0 unspecified atom stereocenters. The zero-order valence-electron chi connectivity index (χ0n) is 14.8. The zero-order chi connectivity index (χ0) is 20.1. The van der Waals surface area contributed by atoms with Crippen LogP contribution >= 0.6 is 31.9 Å². The van der Waals surface area contributed by atoms with Gasteiger partial charge < -0.3 is 9.84 Å². The molecule has 0 spiro atoms. The van der Waals surface area contributed by atoms with Crippen LogP contribution < -0.4 is 4.74 Å². The van der Waals surface area contributed by atoms with Crippen molar-refractivity contribution in [1.82, 2.24) is 5.01 Å². The highest BCUT2D eigenvalue weighted by Gasteiger charge is 2.12. The van der Waals surface area contributed by atoms with E-state index in [1.807, 2.05) is 30.3 Å². The standard InChI is InChI=1S/C21H16Br2N2O3/c1-25(24-13-14-10-18(22)20(26)19(23)11-14)21(27)15-6-5-9-17(12-15)28-16-7-3-2-4-8-16/h2-13,26H,1H3. The summed E-state index contributed by atoms with van der Waals surface area (Å²) in [5, 5.41) is 15.2. The molecule has 0 aromatic heterocycles. The molecule has 0 aliphatic heterocycles. The minimum atomic E-state index is -0.272. The molecular formula is C21H16Br2N2O3. The van der Waals surface area contributed by atoms with Gasteiger partial charge in [-0.2, -0.15) is 5.10 Å². The predicted octanol–water partition coefficient (Wildman–Crippen LogP) is 5.82. The summed E-state index contributed by atoms with van der Waals surface area (Å²) in [4.78, 5) is 12.7. The molecule has 0 saturated heterocycles. The number of phenols is 1. The highest BCUT2D eigenvalue weighted by Crippen LogP contribution is 2.32. The fourth-order valence-electron chi connectivity index (χ4n) is 2.37. The third-order valence-electron chi connectivity index (χ3n) is 3.77. The topological polar surface area (TPSA) is 62.1 Å². The molecule has 0 aliphatic rings. The van der Waals surface area contributed by atoms with Gasteiger partial charge in [-0.1, -0.05) is 24.3 Å². The molecule has 0 bridgehead atoms. The molecule has 1 amide bonds. The van der Waals surface area contributed by atoms with E-state index in [4.69, 9.17) is 4.74 Å². The van der Waals surface area contributed by atoms with Crippen LogP contribution in [0, 0.1) is 0 Å². The van der Waals surface area contributed by atoms with Crippen LogP contribution in [0.25, 0.3) is 0 Å². The summed E-state index contributed by atoms with van der Waals surface area (Å²) in [5.41, 5.74) is 1.18. The summed E-state index contributed by atoms with van der Waals surface area (Å²) in [7, 11) is 1.58. The van der Waals surface area contributed by atoms with Crippen molar-refractivity contribution < 1.29 is 14.6 Å². The fraction of sp³-hybridized carbons (Fsp3) is 0.0476. The molecule has 3 rings (SSSR count). The molecule has 5 nitrogen and oxygen atoms in total. The van der Waals surface area contributed by atoms with E-state index in [0.29, 0.717) is 26.0 Å². The molecule has 0 aliphatic carbocycles. The number of hydrogen-bond acceptors (Lipinski definition) is 4. The number of para-hydroxylation sites is 1. The first kappa shape index (κ1) is 20.1. The second-order valence-corrected chi connectivity index (χ2v) is 7.56. The van der Waals surface area contributed by atoms with Gasteiger partial charge in [-0.25, -0.2) is 5.01 Å². The maximum atomic E-state index is 12.7. The molecule has 0 fully saturated rings. The number of hydrazone groups is 1. The highest BCUT2D eigenvalue weighted by molar-refractivity contribution is 9.11. The average Bonchev–Trinajstić information content (AvgIpc) is 2.70. The smallest absolute Gasteiger partial charge is 0.273 e. The van der Waals surface area contributed by atoms with Gasteiger partial charge in [0, 0.05) is 12.6 Å². The number of rotatable bonds is 5. The monoisotopic (exact) mass is 502 g/mol. The Bertz CT molecular complexity index is 1000. The number of aromatic hydroxyl groups is 1. The molecule has 0 radical (unpaired) electrons. The normalized spacial score (nSPS) is 10.8.